The molecule has 0 radical (unpaired) electrons. The Hall–Kier alpha value is -2.03. The molecule has 0 bridgehead atoms. The molecule has 1 heterocycles. The summed E-state index contributed by atoms with van der Waals surface area (Å²) >= 11 is 14.5. The molecular weight excluding hydrogens is 552 g/mol. The van der Waals surface area contributed by atoms with Gasteiger partial charge >= 0.3 is 11.9 Å². The summed E-state index contributed by atoms with van der Waals surface area (Å²) in [4.78, 5) is 25.2. The average molecular weight is 572 g/mol. The van der Waals surface area contributed by atoms with Gasteiger partial charge in [0.05, 0.1) is 31.9 Å². The second-order valence-corrected chi connectivity index (χ2v) is 8.60. The van der Waals surface area contributed by atoms with Crippen molar-refractivity contribution in [2.24, 2.45) is 0 Å². The minimum atomic E-state index is -0.522. The summed E-state index contributed by atoms with van der Waals surface area (Å²) in [6.45, 7) is 0.586. The molecule has 0 amide bonds. The van der Waals surface area contributed by atoms with E-state index < -0.39 is 11.9 Å². The van der Waals surface area contributed by atoms with Gasteiger partial charge in [0.2, 0.25) is 0 Å². The molecule has 0 saturated carbocycles. The summed E-state index contributed by atoms with van der Waals surface area (Å²) in [5.74, 6) is -0.964. The highest BCUT2D eigenvalue weighted by molar-refractivity contribution is 14.1. The van der Waals surface area contributed by atoms with E-state index in [9.17, 15) is 9.59 Å². The van der Waals surface area contributed by atoms with Gasteiger partial charge in [-0.05, 0) is 35.4 Å². The average Bonchev–Trinajstić information content (AvgIpc) is 3.08. The second kappa shape index (κ2) is 10.5. The zero-order chi connectivity index (χ0) is 22.5. The Labute approximate surface area is 204 Å². The van der Waals surface area contributed by atoms with Gasteiger partial charge in [-0.3, -0.25) is 4.79 Å². The molecule has 0 aliphatic heterocycles. The van der Waals surface area contributed by atoms with E-state index in [-0.39, 0.29) is 6.42 Å². The Balaban J connectivity index is 2.44. The van der Waals surface area contributed by atoms with E-state index in [1.54, 1.807) is 24.3 Å². The van der Waals surface area contributed by atoms with Crippen LogP contribution in [0.4, 0.5) is 0 Å². The van der Waals surface area contributed by atoms with Gasteiger partial charge in [0.1, 0.15) is 0 Å². The lowest BCUT2D eigenvalue weighted by Gasteiger charge is -2.14. The zero-order valence-electron chi connectivity index (χ0n) is 17.0. The van der Waals surface area contributed by atoms with Crippen molar-refractivity contribution >= 4 is 57.7 Å². The van der Waals surface area contributed by atoms with Crippen LogP contribution >= 0.6 is 45.8 Å². The SMILES string of the molecule is COC(=O)Cc1c(C(=O)OC)c(-c2ccc(Cl)cc2)c(-c2ccc(Cl)cc2)n1CCI. The first kappa shape index (κ1) is 23.6. The molecule has 3 aromatic rings. The molecule has 0 atom stereocenters. The van der Waals surface area contributed by atoms with E-state index >= 15 is 0 Å². The van der Waals surface area contributed by atoms with Crippen molar-refractivity contribution in [3.63, 3.8) is 0 Å². The fraction of sp³-hybridized carbons (Fsp3) is 0.217. The highest BCUT2D eigenvalue weighted by atomic mass is 127. The largest absolute Gasteiger partial charge is 0.469 e. The van der Waals surface area contributed by atoms with Crippen LogP contribution in [0.1, 0.15) is 16.1 Å². The number of methoxy groups -OCH3 is 2. The minimum Gasteiger partial charge on any atom is -0.469 e. The van der Waals surface area contributed by atoms with E-state index in [2.05, 4.69) is 22.6 Å². The van der Waals surface area contributed by atoms with Gasteiger partial charge in [-0.1, -0.05) is 70.1 Å². The quantitative estimate of drug-likeness (QED) is 0.196. The summed E-state index contributed by atoms with van der Waals surface area (Å²) in [7, 11) is 2.65. The molecule has 162 valence electrons. The molecule has 0 N–H and O–H groups in total. The number of nitrogens with zero attached hydrogens (tertiary/aromatic N) is 1. The van der Waals surface area contributed by atoms with Gasteiger partial charge < -0.3 is 14.0 Å². The van der Waals surface area contributed by atoms with Crippen molar-refractivity contribution in [1.82, 2.24) is 4.57 Å². The van der Waals surface area contributed by atoms with E-state index in [1.807, 2.05) is 28.8 Å². The van der Waals surface area contributed by atoms with Crippen LogP contribution < -0.4 is 0 Å². The van der Waals surface area contributed by atoms with Crippen LogP contribution in [0.3, 0.4) is 0 Å². The highest BCUT2D eigenvalue weighted by Crippen LogP contribution is 2.41. The number of esters is 2. The number of halogens is 3. The molecule has 0 spiro atoms. The van der Waals surface area contributed by atoms with Crippen molar-refractivity contribution in [2.45, 2.75) is 13.0 Å². The van der Waals surface area contributed by atoms with Crippen LogP contribution in [0.2, 0.25) is 10.0 Å². The number of benzene rings is 2. The molecule has 8 heteroatoms. The smallest absolute Gasteiger partial charge is 0.340 e. The predicted molar refractivity (Wildman–Crippen MR) is 131 cm³/mol. The lowest BCUT2D eigenvalue weighted by atomic mass is 9.96. The molecule has 0 saturated heterocycles. The van der Waals surface area contributed by atoms with Crippen LogP contribution in [0.5, 0.6) is 0 Å². The second-order valence-electron chi connectivity index (χ2n) is 6.64. The van der Waals surface area contributed by atoms with Crippen molar-refractivity contribution in [1.29, 1.82) is 0 Å². The van der Waals surface area contributed by atoms with Gasteiger partial charge in [0.25, 0.3) is 0 Å². The van der Waals surface area contributed by atoms with E-state index in [4.69, 9.17) is 32.7 Å². The molecule has 0 aliphatic rings. The molecule has 5 nitrogen and oxygen atoms in total. The van der Waals surface area contributed by atoms with Crippen LogP contribution in [-0.2, 0) is 27.2 Å². The van der Waals surface area contributed by atoms with Gasteiger partial charge in [-0.15, -0.1) is 0 Å². The van der Waals surface area contributed by atoms with E-state index in [0.29, 0.717) is 33.4 Å². The number of hydrogen-bond donors (Lipinski definition) is 0. The predicted octanol–water partition coefficient (Wildman–Crippen LogP) is 6.07. The lowest BCUT2D eigenvalue weighted by molar-refractivity contribution is -0.139. The summed E-state index contributed by atoms with van der Waals surface area (Å²) < 4.78 is 12.8. The molecule has 3 rings (SSSR count). The Morgan fingerprint density at radius 3 is 1.94 bits per heavy atom. The number of aromatic nitrogens is 1. The maximum absolute atomic E-state index is 13.0. The van der Waals surface area contributed by atoms with Crippen molar-refractivity contribution < 1.29 is 19.1 Å². The summed E-state index contributed by atoms with van der Waals surface area (Å²) in [6, 6.07) is 14.6. The molecule has 2 aromatic carbocycles. The van der Waals surface area contributed by atoms with Crippen LogP contribution in [0, 0.1) is 0 Å². The minimum absolute atomic E-state index is 0.0637. The first-order valence-electron chi connectivity index (χ1n) is 9.39. The van der Waals surface area contributed by atoms with Gasteiger partial charge in [0, 0.05) is 32.3 Å². The molecule has 0 aliphatic carbocycles. The zero-order valence-corrected chi connectivity index (χ0v) is 20.6. The standard InChI is InChI=1S/C23H20Cl2INO4/c1-30-19(28)13-18-21(23(29)31-2)20(14-3-7-16(24)8-4-14)22(27(18)12-11-26)15-5-9-17(25)10-6-15/h3-10H,11-13H2,1-2H3. The molecule has 1 aromatic heterocycles. The maximum atomic E-state index is 13.0. The first-order chi connectivity index (χ1) is 14.9. The number of ether oxygens (including phenoxy) is 2. The Morgan fingerprint density at radius 2 is 1.45 bits per heavy atom. The number of carbonyl (C=O) groups is 2. The summed E-state index contributed by atoms with van der Waals surface area (Å²) in [5.41, 5.74) is 4.01. The molecule has 0 fully saturated rings. The van der Waals surface area contributed by atoms with Crippen molar-refractivity contribution in [3.8, 4) is 22.4 Å². The summed E-state index contributed by atoms with van der Waals surface area (Å²) in [6.07, 6.45) is -0.0637. The van der Waals surface area contributed by atoms with Crippen LogP contribution in [0.25, 0.3) is 22.4 Å². The van der Waals surface area contributed by atoms with E-state index in [1.165, 1.54) is 14.2 Å². The molecule has 0 unspecified atom stereocenters. The van der Waals surface area contributed by atoms with Gasteiger partial charge in [0.15, 0.2) is 0 Å². The molecule has 31 heavy (non-hydrogen) atoms. The lowest BCUT2D eigenvalue weighted by Crippen LogP contribution is -2.15. The van der Waals surface area contributed by atoms with Crippen molar-refractivity contribution in [2.75, 3.05) is 18.6 Å². The normalized spacial score (nSPS) is 10.7. The van der Waals surface area contributed by atoms with Gasteiger partial charge in [-0.25, -0.2) is 4.79 Å². The van der Waals surface area contributed by atoms with E-state index in [0.717, 1.165) is 21.2 Å². The van der Waals surface area contributed by atoms with Crippen molar-refractivity contribution in [3.05, 3.63) is 69.8 Å². The highest BCUT2D eigenvalue weighted by Gasteiger charge is 2.30. The van der Waals surface area contributed by atoms with Crippen LogP contribution in [-0.4, -0.2) is 35.2 Å². The Morgan fingerprint density at radius 1 is 0.903 bits per heavy atom. The third-order valence-electron chi connectivity index (χ3n) is 4.86. The monoisotopic (exact) mass is 571 g/mol. The first-order valence-corrected chi connectivity index (χ1v) is 11.7. The Kier molecular flexibility index (Phi) is 8.02. The summed E-state index contributed by atoms with van der Waals surface area (Å²) in [5, 5.41) is 1.18. The molecular formula is C23H20Cl2INO4. The Bertz CT molecular complexity index is 1090. The number of hydrogen-bond acceptors (Lipinski definition) is 4. The number of alkyl halides is 1. The number of carbonyl (C=O) groups excluding carboxylic acids is 2. The van der Waals surface area contributed by atoms with Gasteiger partial charge in [-0.2, -0.15) is 0 Å². The third kappa shape index (κ3) is 5.07. The number of rotatable bonds is 7. The topological polar surface area (TPSA) is 57.5 Å². The van der Waals surface area contributed by atoms with Crippen LogP contribution in [0.15, 0.2) is 48.5 Å². The third-order valence-corrected chi connectivity index (χ3v) is 5.85. The maximum Gasteiger partial charge on any atom is 0.340 e. The fourth-order valence-electron chi connectivity index (χ4n) is 3.52. The fourth-order valence-corrected chi connectivity index (χ4v) is 4.25.